The quantitative estimate of drug-likeness (QED) is 0.669. The minimum Gasteiger partial charge on any atom is -0.365 e. The van der Waals surface area contributed by atoms with E-state index in [4.69, 9.17) is 4.98 Å². The Labute approximate surface area is 149 Å². The van der Waals surface area contributed by atoms with Crippen LogP contribution in [-0.4, -0.2) is 16.1 Å². The van der Waals surface area contributed by atoms with Crippen LogP contribution < -0.4 is 4.90 Å². The molecule has 0 saturated heterocycles. The summed E-state index contributed by atoms with van der Waals surface area (Å²) in [5.41, 5.74) is 10.8. The Balaban J connectivity index is 1.70. The van der Waals surface area contributed by atoms with E-state index in [0.717, 1.165) is 25.2 Å². The van der Waals surface area contributed by atoms with Crippen LogP contribution in [0.2, 0.25) is 0 Å². The molecular formula is C22H25N3. The number of hydrogen-bond acceptors (Lipinski definition) is 2. The maximum absolute atomic E-state index is 4.92. The topological polar surface area (TPSA) is 21.1 Å². The fourth-order valence-corrected chi connectivity index (χ4v) is 4.40. The van der Waals surface area contributed by atoms with E-state index in [0.29, 0.717) is 6.04 Å². The number of pyridine rings is 1. The number of aromatic nitrogens is 2. The number of benzene rings is 1. The standard InChI is InChI=1S/C22H25N3/c1-14-12-20(24-11-10-17-6-4-5-7-18(17)13-24)22-21(23-14)15(2)16(3)25(22)19-8-9-19/h4-7,12,19H,8-11,13H2,1-3H3. The van der Waals surface area contributed by atoms with Gasteiger partial charge in [0, 0.05) is 30.5 Å². The lowest BCUT2D eigenvalue weighted by molar-refractivity contribution is 0.717. The molecule has 1 aliphatic heterocycles. The summed E-state index contributed by atoms with van der Waals surface area (Å²) in [6, 6.07) is 11.9. The molecule has 3 heteroatoms. The van der Waals surface area contributed by atoms with Crippen molar-refractivity contribution in [3.8, 4) is 0 Å². The van der Waals surface area contributed by atoms with Gasteiger partial charge < -0.3 is 9.47 Å². The van der Waals surface area contributed by atoms with Crippen LogP contribution in [0.1, 0.15) is 47.0 Å². The molecule has 0 bridgehead atoms. The molecule has 0 spiro atoms. The monoisotopic (exact) mass is 331 g/mol. The number of hydrogen-bond donors (Lipinski definition) is 0. The zero-order chi connectivity index (χ0) is 17.1. The molecule has 1 saturated carbocycles. The largest absolute Gasteiger partial charge is 0.365 e. The highest BCUT2D eigenvalue weighted by Crippen LogP contribution is 2.44. The van der Waals surface area contributed by atoms with E-state index in [-0.39, 0.29) is 0 Å². The third-order valence-corrected chi connectivity index (χ3v) is 5.98. The predicted octanol–water partition coefficient (Wildman–Crippen LogP) is 4.86. The summed E-state index contributed by atoms with van der Waals surface area (Å²) in [5, 5.41) is 0. The minimum absolute atomic E-state index is 0.677. The Bertz CT molecular complexity index is 979. The summed E-state index contributed by atoms with van der Waals surface area (Å²) >= 11 is 0. The maximum Gasteiger partial charge on any atom is 0.0937 e. The van der Waals surface area contributed by atoms with Gasteiger partial charge in [-0.15, -0.1) is 0 Å². The van der Waals surface area contributed by atoms with Crippen LogP contribution in [0.15, 0.2) is 30.3 Å². The van der Waals surface area contributed by atoms with Crippen molar-refractivity contribution in [3.63, 3.8) is 0 Å². The van der Waals surface area contributed by atoms with E-state index in [9.17, 15) is 0 Å². The van der Waals surface area contributed by atoms with Gasteiger partial charge in [0.2, 0.25) is 0 Å². The van der Waals surface area contributed by atoms with Gasteiger partial charge in [-0.05, 0) is 62.8 Å². The summed E-state index contributed by atoms with van der Waals surface area (Å²) < 4.78 is 2.58. The van der Waals surface area contributed by atoms with Crippen LogP contribution in [0.3, 0.4) is 0 Å². The lowest BCUT2D eigenvalue weighted by atomic mass is 9.99. The first-order valence-electron chi connectivity index (χ1n) is 9.44. The molecule has 3 aromatic rings. The third-order valence-electron chi connectivity index (χ3n) is 5.98. The maximum atomic E-state index is 4.92. The Hall–Kier alpha value is -2.29. The van der Waals surface area contributed by atoms with Crippen molar-refractivity contribution in [3.05, 3.63) is 58.4 Å². The Morgan fingerprint density at radius 2 is 1.80 bits per heavy atom. The van der Waals surface area contributed by atoms with Crippen LogP contribution in [0.25, 0.3) is 11.0 Å². The second-order valence-electron chi connectivity index (χ2n) is 7.73. The average molecular weight is 331 g/mol. The Morgan fingerprint density at radius 1 is 1.04 bits per heavy atom. The van der Waals surface area contributed by atoms with E-state index < -0.39 is 0 Å². The molecule has 2 aliphatic rings. The second-order valence-corrected chi connectivity index (χ2v) is 7.73. The van der Waals surface area contributed by atoms with Gasteiger partial charge in [0.1, 0.15) is 0 Å². The SMILES string of the molecule is Cc1cc(N2CCc3ccccc3C2)c2c(n1)c(C)c(C)n2C1CC1. The first-order chi connectivity index (χ1) is 12.1. The summed E-state index contributed by atoms with van der Waals surface area (Å²) in [4.78, 5) is 7.49. The van der Waals surface area contributed by atoms with E-state index in [2.05, 4.69) is 60.6 Å². The molecule has 0 radical (unpaired) electrons. The average Bonchev–Trinajstić information content (AvgIpc) is 3.43. The van der Waals surface area contributed by atoms with E-state index in [1.807, 2.05) is 0 Å². The zero-order valence-corrected chi connectivity index (χ0v) is 15.3. The van der Waals surface area contributed by atoms with Crippen LogP contribution >= 0.6 is 0 Å². The van der Waals surface area contributed by atoms with E-state index in [1.165, 1.54) is 51.9 Å². The number of nitrogens with zero attached hydrogens (tertiary/aromatic N) is 3. The second kappa shape index (κ2) is 5.35. The Kier molecular flexibility index (Phi) is 3.21. The normalized spacial score (nSPS) is 17.2. The van der Waals surface area contributed by atoms with Crippen molar-refractivity contribution in [1.29, 1.82) is 0 Å². The van der Waals surface area contributed by atoms with Crippen molar-refractivity contribution in [2.45, 2.75) is 52.6 Å². The van der Waals surface area contributed by atoms with Gasteiger partial charge in [-0.25, -0.2) is 0 Å². The van der Waals surface area contributed by atoms with Crippen molar-refractivity contribution >= 4 is 16.7 Å². The highest BCUT2D eigenvalue weighted by atomic mass is 15.2. The summed E-state index contributed by atoms with van der Waals surface area (Å²) in [7, 11) is 0. The van der Waals surface area contributed by atoms with Crippen LogP contribution in [-0.2, 0) is 13.0 Å². The van der Waals surface area contributed by atoms with Gasteiger partial charge in [0.25, 0.3) is 0 Å². The van der Waals surface area contributed by atoms with Crippen molar-refractivity contribution < 1.29 is 0 Å². The highest BCUT2D eigenvalue weighted by molar-refractivity contribution is 5.93. The molecule has 0 atom stereocenters. The van der Waals surface area contributed by atoms with E-state index in [1.54, 1.807) is 0 Å². The van der Waals surface area contributed by atoms with Gasteiger partial charge in [0.05, 0.1) is 16.7 Å². The summed E-state index contributed by atoms with van der Waals surface area (Å²) in [6.45, 7) is 8.72. The van der Waals surface area contributed by atoms with Crippen molar-refractivity contribution in [1.82, 2.24) is 9.55 Å². The fraction of sp³-hybridized carbons (Fsp3) is 0.409. The molecule has 0 amide bonds. The van der Waals surface area contributed by atoms with Gasteiger partial charge in [-0.3, -0.25) is 4.98 Å². The number of fused-ring (bicyclic) bond motifs is 2. The summed E-state index contributed by atoms with van der Waals surface area (Å²) in [6.07, 6.45) is 3.74. The molecule has 0 unspecified atom stereocenters. The zero-order valence-electron chi connectivity index (χ0n) is 15.3. The van der Waals surface area contributed by atoms with Crippen LogP contribution in [0.4, 0.5) is 5.69 Å². The number of rotatable bonds is 2. The molecule has 1 aliphatic carbocycles. The molecule has 25 heavy (non-hydrogen) atoms. The molecule has 3 nitrogen and oxygen atoms in total. The smallest absolute Gasteiger partial charge is 0.0937 e. The molecule has 3 heterocycles. The van der Waals surface area contributed by atoms with Gasteiger partial charge in [-0.2, -0.15) is 0 Å². The number of aryl methyl sites for hydroxylation is 2. The van der Waals surface area contributed by atoms with Gasteiger partial charge >= 0.3 is 0 Å². The summed E-state index contributed by atoms with van der Waals surface area (Å²) in [5.74, 6) is 0. The van der Waals surface area contributed by atoms with Gasteiger partial charge in [-0.1, -0.05) is 24.3 Å². The predicted molar refractivity (Wildman–Crippen MR) is 103 cm³/mol. The van der Waals surface area contributed by atoms with Gasteiger partial charge in [0.15, 0.2) is 0 Å². The minimum atomic E-state index is 0.677. The first-order valence-corrected chi connectivity index (χ1v) is 9.44. The fourth-order valence-electron chi connectivity index (χ4n) is 4.40. The van der Waals surface area contributed by atoms with Crippen molar-refractivity contribution in [2.75, 3.05) is 11.4 Å². The molecule has 5 rings (SSSR count). The van der Waals surface area contributed by atoms with Crippen LogP contribution in [0.5, 0.6) is 0 Å². The molecule has 2 aromatic heterocycles. The first kappa shape index (κ1) is 15.0. The van der Waals surface area contributed by atoms with Crippen molar-refractivity contribution in [2.24, 2.45) is 0 Å². The third kappa shape index (κ3) is 2.29. The Morgan fingerprint density at radius 3 is 2.56 bits per heavy atom. The highest BCUT2D eigenvalue weighted by Gasteiger charge is 2.30. The van der Waals surface area contributed by atoms with Crippen LogP contribution in [0, 0.1) is 20.8 Å². The van der Waals surface area contributed by atoms with E-state index >= 15 is 0 Å². The molecule has 0 N–H and O–H groups in total. The molecule has 1 aromatic carbocycles. The molecule has 128 valence electrons. The lowest BCUT2D eigenvalue weighted by Gasteiger charge is -2.32. The lowest BCUT2D eigenvalue weighted by Crippen LogP contribution is -2.30. The number of anilines is 1. The molecule has 1 fully saturated rings. The molecular weight excluding hydrogens is 306 g/mol.